The number of rotatable bonds is 7. The molecule has 0 heterocycles. The number of methoxy groups -OCH3 is 1. The molecular formula is C17H15Cl2NO4S. The first-order valence-corrected chi connectivity index (χ1v) is 8.89. The van der Waals surface area contributed by atoms with Crippen LogP contribution in [0.4, 0.5) is 5.69 Å². The monoisotopic (exact) mass is 399 g/mol. The van der Waals surface area contributed by atoms with Gasteiger partial charge in [0.2, 0.25) is 0 Å². The standard InChI is InChI=1S/C17H15Cl2NO4S/c1-23-12-3-5-13(6-4-12)25-10-17(22)24-9-16(21)20-15-8-11(18)2-7-14(15)19/h2-8H,9-10H2,1H3,(H,20,21). The molecule has 8 heteroatoms. The second-order valence-corrected chi connectivity index (χ2v) is 6.69. The second-order valence-electron chi connectivity index (χ2n) is 4.80. The first-order chi connectivity index (χ1) is 12.0. The van der Waals surface area contributed by atoms with Crippen LogP contribution in [0.15, 0.2) is 47.4 Å². The van der Waals surface area contributed by atoms with Crippen LogP contribution in [-0.4, -0.2) is 31.3 Å². The van der Waals surface area contributed by atoms with Crippen LogP contribution in [-0.2, 0) is 14.3 Å². The maximum atomic E-state index is 11.8. The van der Waals surface area contributed by atoms with Crippen molar-refractivity contribution in [2.24, 2.45) is 0 Å². The zero-order valence-corrected chi connectivity index (χ0v) is 15.6. The van der Waals surface area contributed by atoms with E-state index in [1.165, 1.54) is 17.8 Å². The fraction of sp³-hybridized carbons (Fsp3) is 0.176. The lowest BCUT2D eigenvalue weighted by Crippen LogP contribution is -2.21. The molecular weight excluding hydrogens is 385 g/mol. The number of ether oxygens (including phenoxy) is 2. The van der Waals surface area contributed by atoms with Crippen molar-refractivity contribution in [3.8, 4) is 5.75 Å². The van der Waals surface area contributed by atoms with Gasteiger partial charge < -0.3 is 14.8 Å². The molecule has 1 N–H and O–H groups in total. The Hall–Kier alpha value is -1.89. The van der Waals surface area contributed by atoms with Gasteiger partial charge in [0.1, 0.15) is 5.75 Å². The number of carbonyl (C=O) groups excluding carboxylic acids is 2. The van der Waals surface area contributed by atoms with E-state index in [1.807, 2.05) is 12.1 Å². The van der Waals surface area contributed by atoms with E-state index < -0.39 is 18.5 Å². The van der Waals surface area contributed by atoms with Crippen molar-refractivity contribution in [1.29, 1.82) is 0 Å². The van der Waals surface area contributed by atoms with Crippen molar-refractivity contribution >= 4 is 52.5 Å². The van der Waals surface area contributed by atoms with Gasteiger partial charge in [-0.2, -0.15) is 0 Å². The zero-order valence-electron chi connectivity index (χ0n) is 13.3. The molecule has 0 atom stereocenters. The Morgan fingerprint density at radius 3 is 2.52 bits per heavy atom. The van der Waals surface area contributed by atoms with E-state index in [-0.39, 0.29) is 5.75 Å². The van der Waals surface area contributed by atoms with Crippen molar-refractivity contribution in [1.82, 2.24) is 0 Å². The fourth-order valence-corrected chi connectivity index (χ4v) is 2.81. The van der Waals surface area contributed by atoms with Crippen LogP contribution in [0.5, 0.6) is 5.75 Å². The van der Waals surface area contributed by atoms with Crippen molar-refractivity contribution < 1.29 is 19.1 Å². The largest absolute Gasteiger partial charge is 0.497 e. The molecule has 0 saturated heterocycles. The van der Waals surface area contributed by atoms with E-state index in [0.717, 1.165) is 10.6 Å². The van der Waals surface area contributed by atoms with Gasteiger partial charge in [0.15, 0.2) is 6.61 Å². The molecule has 2 aromatic rings. The van der Waals surface area contributed by atoms with Gasteiger partial charge in [0.05, 0.1) is 23.6 Å². The van der Waals surface area contributed by atoms with Crippen LogP contribution >= 0.6 is 35.0 Å². The number of hydrogen-bond donors (Lipinski definition) is 1. The van der Waals surface area contributed by atoms with E-state index in [2.05, 4.69) is 5.32 Å². The van der Waals surface area contributed by atoms with Gasteiger partial charge in [-0.25, -0.2) is 0 Å². The van der Waals surface area contributed by atoms with Gasteiger partial charge in [-0.15, -0.1) is 11.8 Å². The lowest BCUT2D eigenvalue weighted by atomic mass is 10.3. The molecule has 132 valence electrons. The average molecular weight is 400 g/mol. The third-order valence-electron chi connectivity index (χ3n) is 2.98. The van der Waals surface area contributed by atoms with Crippen molar-refractivity contribution in [2.75, 3.05) is 24.8 Å². The summed E-state index contributed by atoms with van der Waals surface area (Å²) in [7, 11) is 1.58. The Morgan fingerprint density at radius 2 is 1.84 bits per heavy atom. The van der Waals surface area contributed by atoms with E-state index in [0.29, 0.717) is 15.7 Å². The zero-order chi connectivity index (χ0) is 18.2. The molecule has 0 unspecified atom stereocenters. The molecule has 0 fully saturated rings. The Kier molecular flexibility index (Phi) is 7.43. The van der Waals surface area contributed by atoms with Gasteiger partial charge in [0.25, 0.3) is 5.91 Å². The minimum atomic E-state index is -0.494. The molecule has 2 rings (SSSR count). The Balaban J connectivity index is 1.75. The average Bonchev–Trinajstić information content (AvgIpc) is 2.61. The van der Waals surface area contributed by atoms with Crippen molar-refractivity contribution in [3.63, 3.8) is 0 Å². The molecule has 0 aliphatic rings. The normalized spacial score (nSPS) is 10.2. The molecule has 0 bridgehead atoms. The third-order valence-corrected chi connectivity index (χ3v) is 4.53. The number of thioether (sulfide) groups is 1. The summed E-state index contributed by atoms with van der Waals surface area (Å²) in [6.45, 7) is -0.398. The van der Waals surface area contributed by atoms with Crippen molar-refractivity contribution in [2.45, 2.75) is 4.90 Å². The van der Waals surface area contributed by atoms with Crippen LogP contribution in [0.1, 0.15) is 0 Å². The molecule has 0 aromatic heterocycles. The number of amides is 1. The van der Waals surface area contributed by atoms with E-state index in [4.69, 9.17) is 32.7 Å². The quantitative estimate of drug-likeness (QED) is 0.555. The molecule has 0 aliphatic carbocycles. The Labute approximate surface area is 159 Å². The SMILES string of the molecule is COc1ccc(SCC(=O)OCC(=O)Nc2cc(Cl)ccc2Cl)cc1. The summed E-state index contributed by atoms with van der Waals surface area (Å²) in [6.07, 6.45) is 0. The highest BCUT2D eigenvalue weighted by atomic mass is 35.5. The number of carbonyl (C=O) groups is 2. The van der Waals surface area contributed by atoms with Crippen molar-refractivity contribution in [3.05, 3.63) is 52.5 Å². The minimum absolute atomic E-state index is 0.0948. The van der Waals surface area contributed by atoms with Crippen LogP contribution in [0, 0.1) is 0 Å². The minimum Gasteiger partial charge on any atom is -0.497 e. The molecule has 0 saturated carbocycles. The predicted molar refractivity (Wildman–Crippen MR) is 99.8 cm³/mol. The summed E-state index contributed by atoms with van der Waals surface area (Å²) < 4.78 is 10.0. The lowest BCUT2D eigenvalue weighted by molar-refractivity contribution is -0.144. The summed E-state index contributed by atoms with van der Waals surface area (Å²) in [5.41, 5.74) is 0.364. The smallest absolute Gasteiger partial charge is 0.316 e. The van der Waals surface area contributed by atoms with Gasteiger partial charge in [0, 0.05) is 9.92 Å². The van der Waals surface area contributed by atoms with Crippen LogP contribution in [0.25, 0.3) is 0 Å². The highest BCUT2D eigenvalue weighted by Gasteiger charge is 2.10. The first kappa shape index (κ1) is 19.4. The molecule has 0 aliphatic heterocycles. The first-order valence-electron chi connectivity index (χ1n) is 7.15. The number of nitrogens with one attached hydrogen (secondary N) is 1. The number of hydrogen-bond acceptors (Lipinski definition) is 5. The second kappa shape index (κ2) is 9.56. The summed E-state index contributed by atoms with van der Waals surface area (Å²) in [6, 6.07) is 12.0. The number of halogens is 2. The lowest BCUT2D eigenvalue weighted by Gasteiger charge is -2.08. The summed E-state index contributed by atoms with van der Waals surface area (Å²) in [4.78, 5) is 24.4. The molecule has 0 radical (unpaired) electrons. The van der Waals surface area contributed by atoms with Gasteiger partial charge >= 0.3 is 5.97 Å². The van der Waals surface area contributed by atoms with Crippen LogP contribution in [0.3, 0.4) is 0 Å². The summed E-state index contributed by atoms with van der Waals surface area (Å²) in [5, 5.41) is 3.32. The highest BCUT2D eigenvalue weighted by molar-refractivity contribution is 8.00. The van der Waals surface area contributed by atoms with Crippen LogP contribution < -0.4 is 10.1 Å². The predicted octanol–water partition coefficient (Wildman–Crippen LogP) is 4.28. The Bertz CT molecular complexity index is 753. The summed E-state index contributed by atoms with van der Waals surface area (Å²) in [5.74, 6) is -0.152. The highest BCUT2D eigenvalue weighted by Crippen LogP contribution is 2.25. The van der Waals surface area contributed by atoms with E-state index >= 15 is 0 Å². The topological polar surface area (TPSA) is 64.6 Å². The number of esters is 1. The molecule has 2 aromatic carbocycles. The Morgan fingerprint density at radius 1 is 1.12 bits per heavy atom. The maximum absolute atomic E-state index is 11.8. The van der Waals surface area contributed by atoms with Gasteiger partial charge in [-0.1, -0.05) is 23.2 Å². The van der Waals surface area contributed by atoms with Gasteiger partial charge in [-0.3, -0.25) is 9.59 Å². The molecule has 0 spiro atoms. The molecule has 1 amide bonds. The molecule has 5 nitrogen and oxygen atoms in total. The maximum Gasteiger partial charge on any atom is 0.316 e. The van der Waals surface area contributed by atoms with E-state index in [9.17, 15) is 9.59 Å². The third kappa shape index (κ3) is 6.49. The summed E-state index contributed by atoms with van der Waals surface area (Å²) >= 11 is 13.1. The fourth-order valence-electron chi connectivity index (χ4n) is 1.78. The number of anilines is 1. The van der Waals surface area contributed by atoms with E-state index in [1.54, 1.807) is 31.4 Å². The van der Waals surface area contributed by atoms with Gasteiger partial charge in [-0.05, 0) is 42.5 Å². The van der Waals surface area contributed by atoms with Crippen LogP contribution in [0.2, 0.25) is 10.0 Å². The number of benzene rings is 2. The molecule has 25 heavy (non-hydrogen) atoms.